The summed E-state index contributed by atoms with van der Waals surface area (Å²) in [7, 11) is 0. The maximum atomic E-state index is 12.7. The summed E-state index contributed by atoms with van der Waals surface area (Å²) in [4.78, 5) is 4.99. The molecule has 1 heterocycles. The predicted octanol–water partition coefficient (Wildman–Crippen LogP) is 2.56. The minimum Gasteiger partial charge on any atom is -0.504 e. The lowest BCUT2D eigenvalue weighted by Crippen LogP contribution is -2.48. The summed E-state index contributed by atoms with van der Waals surface area (Å²) in [5, 5.41) is 25.8. The molecule has 112 valence electrons. The lowest BCUT2D eigenvalue weighted by atomic mass is 9.88. The van der Waals surface area contributed by atoms with Crippen molar-refractivity contribution in [2.24, 2.45) is 5.16 Å². The average molecular weight is 296 g/mol. The highest BCUT2D eigenvalue weighted by Crippen LogP contribution is 2.39. The number of nitrogens with one attached hydrogen (secondary N) is 1. The van der Waals surface area contributed by atoms with Crippen LogP contribution in [0.3, 0.4) is 0 Å². The first-order chi connectivity index (χ1) is 9.94. The van der Waals surface area contributed by atoms with Gasteiger partial charge in [0.15, 0.2) is 5.75 Å². The molecular weight excluding hydrogens is 282 g/mol. The number of alkyl halides is 2. The van der Waals surface area contributed by atoms with Crippen molar-refractivity contribution in [3.63, 3.8) is 0 Å². The van der Waals surface area contributed by atoms with Crippen molar-refractivity contribution in [2.75, 3.05) is 0 Å². The van der Waals surface area contributed by atoms with Crippen LogP contribution in [0.15, 0.2) is 23.4 Å². The minimum absolute atomic E-state index is 0.116. The SMILES string of the molecule is OC1=NOc2c(ccc(CNC3CC(F)(F)C3)c2O)C=C1. The lowest BCUT2D eigenvalue weighted by Gasteiger charge is -2.35. The summed E-state index contributed by atoms with van der Waals surface area (Å²) < 4.78 is 25.5. The van der Waals surface area contributed by atoms with E-state index in [2.05, 4.69) is 10.5 Å². The zero-order valence-corrected chi connectivity index (χ0v) is 11.0. The molecule has 1 aromatic rings. The molecule has 2 aliphatic rings. The fourth-order valence-corrected chi connectivity index (χ4v) is 2.34. The Morgan fingerprint density at radius 1 is 1.29 bits per heavy atom. The Bertz CT molecular complexity index is 621. The second kappa shape index (κ2) is 5.00. The van der Waals surface area contributed by atoms with E-state index in [1.54, 1.807) is 18.2 Å². The van der Waals surface area contributed by atoms with Gasteiger partial charge in [-0.3, -0.25) is 0 Å². The maximum absolute atomic E-state index is 12.7. The highest BCUT2D eigenvalue weighted by atomic mass is 19.3. The lowest BCUT2D eigenvalue weighted by molar-refractivity contribution is -0.0930. The van der Waals surface area contributed by atoms with Crippen LogP contribution in [0.1, 0.15) is 24.0 Å². The van der Waals surface area contributed by atoms with Crippen molar-refractivity contribution in [2.45, 2.75) is 31.4 Å². The molecule has 0 atom stereocenters. The van der Waals surface area contributed by atoms with E-state index in [-0.39, 0.29) is 42.8 Å². The summed E-state index contributed by atoms with van der Waals surface area (Å²) in [6, 6.07) is 3.13. The Labute approximate surface area is 119 Å². The number of phenolic OH excluding ortho intramolecular Hbond substituents is 1. The Balaban J connectivity index is 1.72. The molecule has 1 saturated carbocycles. The average Bonchev–Trinajstić information content (AvgIpc) is 2.58. The van der Waals surface area contributed by atoms with Gasteiger partial charge in [-0.05, 0) is 11.2 Å². The fraction of sp³-hybridized carbons (Fsp3) is 0.357. The van der Waals surface area contributed by atoms with Gasteiger partial charge in [0.1, 0.15) is 0 Å². The van der Waals surface area contributed by atoms with E-state index in [0.29, 0.717) is 11.1 Å². The molecule has 1 aliphatic heterocycles. The van der Waals surface area contributed by atoms with Gasteiger partial charge in [0, 0.05) is 42.6 Å². The standard InChI is InChI=1S/C14H14F2N2O3/c15-14(16)5-10(6-14)17-7-9-2-1-8-3-4-11(19)18-21-13(8)12(9)20/h1-4,10,17,20H,5-7H2,(H,18,19). The van der Waals surface area contributed by atoms with Gasteiger partial charge in [-0.15, -0.1) is 0 Å². The summed E-state index contributed by atoms with van der Waals surface area (Å²) in [5.41, 5.74) is 1.09. The van der Waals surface area contributed by atoms with Gasteiger partial charge < -0.3 is 20.4 Å². The van der Waals surface area contributed by atoms with Crippen molar-refractivity contribution in [1.29, 1.82) is 0 Å². The number of aromatic hydroxyl groups is 1. The van der Waals surface area contributed by atoms with Gasteiger partial charge in [0.05, 0.1) is 0 Å². The van der Waals surface area contributed by atoms with Crippen molar-refractivity contribution in [3.8, 4) is 11.5 Å². The molecule has 0 saturated heterocycles. The maximum Gasteiger partial charge on any atom is 0.251 e. The molecule has 1 aliphatic carbocycles. The van der Waals surface area contributed by atoms with Crippen LogP contribution in [0.5, 0.6) is 11.5 Å². The summed E-state index contributed by atoms with van der Waals surface area (Å²) >= 11 is 0. The van der Waals surface area contributed by atoms with Crippen LogP contribution in [0.25, 0.3) is 6.08 Å². The first-order valence-electron chi connectivity index (χ1n) is 6.53. The van der Waals surface area contributed by atoms with Gasteiger partial charge in [-0.1, -0.05) is 12.1 Å². The molecule has 0 radical (unpaired) electrons. The number of benzene rings is 1. The number of aliphatic hydroxyl groups excluding tert-OH is 1. The molecule has 0 bridgehead atoms. The number of fused-ring (bicyclic) bond motifs is 1. The van der Waals surface area contributed by atoms with Crippen molar-refractivity contribution in [1.82, 2.24) is 5.32 Å². The number of aliphatic hydroxyl groups is 1. The van der Waals surface area contributed by atoms with Gasteiger partial charge in [0.2, 0.25) is 11.6 Å². The van der Waals surface area contributed by atoms with Crippen molar-refractivity contribution >= 4 is 12.0 Å². The molecule has 0 amide bonds. The quantitative estimate of drug-likeness (QED) is 0.801. The Morgan fingerprint density at radius 2 is 2.05 bits per heavy atom. The second-order valence-corrected chi connectivity index (χ2v) is 5.21. The third-order valence-electron chi connectivity index (χ3n) is 3.56. The summed E-state index contributed by atoms with van der Waals surface area (Å²) in [5.74, 6) is -2.86. The van der Waals surface area contributed by atoms with E-state index in [1.807, 2.05) is 0 Å². The number of halogens is 2. The largest absolute Gasteiger partial charge is 0.504 e. The number of hydrogen-bond donors (Lipinski definition) is 3. The smallest absolute Gasteiger partial charge is 0.251 e. The summed E-state index contributed by atoms with van der Waals surface area (Å²) in [6.07, 6.45) is 2.54. The van der Waals surface area contributed by atoms with Crippen LogP contribution >= 0.6 is 0 Å². The highest BCUT2D eigenvalue weighted by molar-refractivity contribution is 5.91. The van der Waals surface area contributed by atoms with E-state index >= 15 is 0 Å². The van der Waals surface area contributed by atoms with E-state index in [0.717, 1.165) is 0 Å². The molecule has 3 rings (SSSR count). The second-order valence-electron chi connectivity index (χ2n) is 5.21. The van der Waals surface area contributed by atoms with Crippen LogP contribution in [0.4, 0.5) is 8.78 Å². The van der Waals surface area contributed by atoms with Crippen molar-refractivity contribution in [3.05, 3.63) is 29.3 Å². The van der Waals surface area contributed by atoms with Crippen LogP contribution in [-0.2, 0) is 6.54 Å². The molecule has 1 fully saturated rings. The Hall–Kier alpha value is -2.15. The number of nitrogens with zero attached hydrogens (tertiary/aromatic N) is 1. The number of phenols is 1. The minimum atomic E-state index is -2.58. The van der Waals surface area contributed by atoms with Gasteiger partial charge in [-0.2, -0.15) is 0 Å². The zero-order chi connectivity index (χ0) is 15.0. The molecule has 5 nitrogen and oxygen atoms in total. The van der Waals surface area contributed by atoms with Gasteiger partial charge in [-0.25, -0.2) is 8.78 Å². The molecule has 7 heteroatoms. The molecule has 0 aromatic heterocycles. The Morgan fingerprint density at radius 3 is 2.76 bits per heavy atom. The third-order valence-corrected chi connectivity index (χ3v) is 3.56. The highest BCUT2D eigenvalue weighted by Gasteiger charge is 2.44. The molecule has 1 aromatic carbocycles. The number of hydrogen-bond acceptors (Lipinski definition) is 4. The number of oxime groups is 1. The van der Waals surface area contributed by atoms with E-state index in [1.165, 1.54) is 6.08 Å². The van der Waals surface area contributed by atoms with Crippen LogP contribution in [0, 0.1) is 0 Å². The van der Waals surface area contributed by atoms with E-state index in [4.69, 9.17) is 4.84 Å². The number of rotatable bonds is 3. The fourth-order valence-electron chi connectivity index (χ4n) is 2.34. The Kier molecular flexibility index (Phi) is 3.29. The van der Waals surface area contributed by atoms with E-state index < -0.39 is 5.92 Å². The van der Waals surface area contributed by atoms with Crippen LogP contribution < -0.4 is 10.2 Å². The first kappa shape index (κ1) is 13.8. The molecule has 0 spiro atoms. The zero-order valence-electron chi connectivity index (χ0n) is 11.0. The van der Waals surface area contributed by atoms with E-state index in [9.17, 15) is 19.0 Å². The normalized spacial score (nSPS) is 20.0. The topological polar surface area (TPSA) is 74.1 Å². The monoisotopic (exact) mass is 296 g/mol. The summed E-state index contributed by atoms with van der Waals surface area (Å²) in [6.45, 7) is 0.253. The van der Waals surface area contributed by atoms with Crippen LogP contribution in [0.2, 0.25) is 0 Å². The molecular formula is C14H14F2N2O3. The molecule has 0 unspecified atom stereocenters. The van der Waals surface area contributed by atoms with Gasteiger partial charge in [0.25, 0.3) is 5.92 Å². The predicted molar refractivity (Wildman–Crippen MR) is 72.6 cm³/mol. The van der Waals surface area contributed by atoms with Crippen LogP contribution in [-0.4, -0.2) is 28.1 Å². The van der Waals surface area contributed by atoms with Crippen molar-refractivity contribution < 1.29 is 23.8 Å². The molecule has 3 N–H and O–H groups in total. The third kappa shape index (κ3) is 2.82. The molecule has 21 heavy (non-hydrogen) atoms. The first-order valence-corrected chi connectivity index (χ1v) is 6.53. The van der Waals surface area contributed by atoms with Gasteiger partial charge >= 0.3 is 0 Å².